The molecule has 3 aromatic rings. The fourth-order valence-electron chi connectivity index (χ4n) is 2.41. The lowest BCUT2D eigenvalue weighted by Gasteiger charge is -2.16. The summed E-state index contributed by atoms with van der Waals surface area (Å²) in [6, 6.07) is 9.25. The van der Waals surface area contributed by atoms with Gasteiger partial charge in [-0.1, -0.05) is 29.8 Å². The van der Waals surface area contributed by atoms with Crippen molar-refractivity contribution in [2.24, 2.45) is 5.73 Å². The minimum atomic E-state index is -0.523. The van der Waals surface area contributed by atoms with Gasteiger partial charge in [0.25, 0.3) is 5.91 Å². The molecular weight excluding hydrogens is 346 g/mol. The Morgan fingerprint density at radius 2 is 2.17 bits per heavy atom. The van der Waals surface area contributed by atoms with Gasteiger partial charge in [0.2, 0.25) is 0 Å². The molecule has 2 heterocycles. The highest BCUT2D eigenvalue weighted by Gasteiger charge is 2.20. The van der Waals surface area contributed by atoms with Crippen LogP contribution in [0.1, 0.15) is 34.1 Å². The van der Waals surface area contributed by atoms with E-state index in [2.05, 4.69) is 4.98 Å². The molecule has 5 nitrogen and oxygen atoms in total. The molecule has 24 heavy (non-hydrogen) atoms. The minimum absolute atomic E-state index is 0.317. The lowest BCUT2D eigenvalue weighted by Crippen LogP contribution is -2.12. The lowest BCUT2D eigenvalue weighted by atomic mass is 10.1. The van der Waals surface area contributed by atoms with E-state index in [0.717, 1.165) is 16.4 Å². The number of aryl methyl sites for hydroxylation is 1. The number of rotatable bonds is 5. The van der Waals surface area contributed by atoms with Crippen molar-refractivity contribution >= 4 is 28.8 Å². The third-order valence-corrected chi connectivity index (χ3v) is 5.09. The first-order valence-corrected chi connectivity index (χ1v) is 8.52. The van der Waals surface area contributed by atoms with Gasteiger partial charge in [0.1, 0.15) is 27.6 Å². The van der Waals surface area contributed by atoms with E-state index in [4.69, 9.17) is 22.1 Å². The number of halogens is 1. The van der Waals surface area contributed by atoms with E-state index in [9.17, 15) is 4.79 Å². The zero-order chi connectivity index (χ0) is 17.3. The molecule has 3 rings (SSSR count). The molecular formula is C17H16ClN3O2S. The van der Waals surface area contributed by atoms with Crippen LogP contribution in [0.2, 0.25) is 5.02 Å². The van der Waals surface area contributed by atoms with Gasteiger partial charge in [0, 0.05) is 29.0 Å². The fourth-order valence-corrected chi connectivity index (χ4v) is 3.67. The molecule has 2 aromatic heterocycles. The maximum atomic E-state index is 11.8. The topological polar surface area (TPSA) is 70.1 Å². The predicted molar refractivity (Wildman–Crippen MR) is 95.2 cm³/mol. The average molecular weight is 362 g/mol. The molecule has 2 N–H and O–H groups in total. The first-order valence-electron chi connectivity index (χ1n) is 7.32. The van der Waals surface area contributed by atoms with Gasteiger partial charge in [-0.2, -0.15) is 0 Å². The summed E-state index contributed by atoms with van der Waals surface area (Å²) in [7, 11) is 0. The number of imidazole rings is 1. The lowest BCUT2D eigenvalue weighted by molar-refractivity contribution is 0.0998. The Labute approximate surface area is 148 Å². The SMILES string of the molecule is Cc1nccn1-c1cc(OC(C)c2ccccc2Cl)c(C(N)=O)s1. The zero-order valence-corrected chi connectivity index (χ0v) is 14.8. The fraction of sp³-hybridized carbons (Fsp3) is 0.176. The quantitative estimate of drug-likeness (QED) is 0.742. The van der Waals surface area contributed by atoms with Gasteiger partial charge in [0.05, 0.1) is 0 Å². The summed E-state index contributed by atoms with van der Waals surface area (Å²) in [6.07, 6.45) is 3.21. The molecule has 0 saturated carbocycles. The van der Waals surface area contributed by atoms with Crippen LogP contribution in [0.4, 0.5) is 0 Å². The second-order valence-corrected chi connectivity index (χ2v) is 6.71. The molecule has 0 fully saturated rings. The maximum Gasteiger partial charge on any atom is 0.262 e. The first-order chi connectivity index (χ1) is 11.5. The third kappa shape index (κ3) is 3.16. The molecule has 0 bridgehead atoms. The highest BCUT2D eigenvalue weighted by molar-refractivity contribution is 7.16. The van der Waals surface area contributed by atoms with Gasteiger partial charge < -0.3 is 10.5 Å². The molecule has 0 spiro atoms. The Kier molecular flexibility index (Phi) is 4.59. The van der Waals surface area contributed by atoms with Gasteiger partial charge in [-0.05, 0) is 19.9 Å². The van der Waals surface area contributed by atoms with Gasteiger partial charge in [-0.3, -0.25) is 9.36 Å². The number of nitrogens with two attached hydrogens (primary N) is 1. The molecule has 1 amide bonds. The molecule has 0 aliphatic rings. The van der Waals surface area contributed by atoms with E-state index in [0.29, 0.717) is 15.6 Å². The molecule has 1 aromatic carbocycles. The largest absolute Gasteiger partial charge is 0.484 e. The van der Waals surface area contributed by atoms with Crippen LogP contribution in [0.25, 0.3) is 5.00 Å². The van der Waals surface area contributed by atoms with Crippen molar-refractivity contribution in [2.45, 2.75) is 20.0 Å². The summed E-state index contributed by atoms with van der Waals surface area (Å²) >= 11 is 7.48. The number of thiophene rings is 1. The smallest absolute Gasteiger partial charge is 0.262 e. The number of carbonyl (C=O) groups excluding carboxylic acids is 1. The molecule has 0 aliphatic carbocycles. The van der Waals surface area contributed by atoms with Crippen molar-refractivity contribution in [3.05, 3.63) is 64.0 Å². The van der Waals surface area contributed by atoms with Crippen LogP contribution in [0.3, 0.4) is 0 Å². The van der Waals surface area contributed by atoms with E-state index < -0.39 is 5.91 Å². The number of nitrogens with zero attached hydrogens (tertiary/aromatic N) is 2. The van der Waals surface area contributed by atoms with Crippen LogP contribution in [-0.2, 0) is 0 Å². The van der Waals surface area contributed by atoms with Crippen molar-refractivity contribution in [3.63, 3.8) is 0 Å². The number of hydrogen-bond acceptors (Lipinski definition) is 4. The van der Waals surface area contributed by atoms with Crippen molar-refractivity contribution in [3.8, 4) is 10.8 Å². The van der Waals surface area contributed by atoms with Crippen molar-refractivity contribution < 1.29 is 9.53 Å². The van der Waals surface area contributed by atoms with E-state index >= 15 is 0 Å². The Bertz CT molecular complexity index is 888. The zero-order valence-electron chi connectivity index (χ0n) is 13.2. The monoisotopic (exact) mass is 361 g/mol. The highest BCUT2D eigenvalue weighted by atomic mass is 35.5. The van der Waals surface area contributed by atoms with Crippen LogP contribution in [0.15, 0.2) is 42.7 Å². The van der Waals surface area contributed by atoms with Crippen molar-refractivity contribution in [1.82, 2.24) is 9.55 Å². The number of amides is 1. The Balaban J connectivity index is 1.95. The molecule has 0 radical (unpaired) electrons. The number of carbonyl (C=O) groups is 1. The van der Waals surface area contributed by atoms with Gasteiger partial charge in [-0.15, -0.1) is 11.3 Å². The normalized spacial score (nSPS) is 12.1. The standard InChI is InChI=1S/C17H16ClN3O2S/c1-10(12-5-3-4-6-13(12)18)23-14-9-15(24-16(14)17(19)22)21-8-7-20-11(21)2/h3-10H,1-2H3,(H2,19,22). The van der Waals surface area contributed by atoms with Gasteiger partial charge >= 0.3 is 0 Å². The summed E-state index contributed by atoms with van der Waals surface area (Å²) in [5.41, 5.74) is 6.35. The van der Waals surface area contributed by atoms with E-state index in [1.165, 1.54) is 11.3 Å². The van der Waals surface area contributed by atoms with Gasteiger partial charge in [-0.25, -0.2) is 4.98 Å². The predicted octanol–water partition coefficient (Wildman–Crippen LogP) is 4.13. The van der Waals surface area contributed by atoms with Crippen molar-refractivity contribution in [2.75, 3.05) is 0 Å². The molecule has 1 atom stereocenters. The second kappa shape index (κ2) is 6.67. The summed E-state index contributed by atoms with van der Waals surface area (Å²) < 4.78 is 7.86. The third-order valence-electron chi connectivity index (χ3n) is 3.62. The number of hydrogen-bond donors (Lipinski definition) is 1. The molecule has 7 heteroatoms. The number of benzene rings is 1. The van der Waals surface area contributed by atoms with Crippen LogP contribution in [0.5, 0.6) is 5.75 Å². The second-order valence-electron chi connectivity index (χ2n) is 5.27. The summed E-state index contributed by atoms with van der Waals surface area (Å²) in [5, 5.41) is 1.44. The Morgan fingerprint density at radius 1 is 1.42 bits per heavy atom. The molecule has 0 saturated heterocycles. The first kappa shape index (κ1) is 16.5. The van der Waals surface area contributed by atoms with E-state index in [-0.39, 0.29) is 6.10 Å². The summed E-state index contributed by atoms with van der Waals surface area (Å²) in [5.74, 6) is 0.742. The molecule has 0 aliphatic heterocycles. The summed E-state index contributed by atoms with van der Waals surface area (Å²) in [6.45, 7) is 3.77. The van der Waals surface area contributed by atoms with Crippen LogP contribution in [-0.4, -0.2) is 15.5 Å². The average Bonchev–Trinajstić information content (AvgIpc) is 3.13. The number of primary amides is 1. The van der Waals surface area contributed by atoms with Crippen molar-refractivity contribution in [1.29, 1.82) is 0 Å². The Hall–Kier alpha value is -2.31. The van der Waals surface area contributed by atoms with E-state index in [1.54, 1.807) is 18.3 Å². The highest BCUT2D eigenvalue weighted by Crippen LogP contribution is 2.36. The Morgan fingerprint density at radius 3 is 2.79 bits per heavy atom. The van der Waals surface area contributed by atoms with E-state index in [1.807, 2.05) is 42.8 Å². The van der Waals surface area contributed by atoms with Crippen LogP contribution in [0, 0.1) is 6.92 Å². The maximum absolute atomic E-state index is 11.8. The molecule has 124 valence electrons. The number of aromatic nitrogens is 2. The van der Waals surface area contributed by atoms with Crippen LogP contribution < -0.4 is 10.5 Å². The van der Waals surface area contributed by atoms with Gasteiger partial charge in [0.15, 0.2) is 0 Å². The number of ether oxygens (including phenoxy) is 1. The minimum Gasteiger partial charge on any atom is -0.484 e. The molecule has 1 unspecified atom stereocenters. The van der Waals surface area contributed by atoms with Crippen LogP contribution >= 0.6 is 22.9 Å². The summed E-state index contributed by atoms with van der Waals surface area (Å²) in [4.78, 5) is 16.3.